The van der Waals surface area contributed by atoms with E-state index in [1.165, 1.54) is 10.6 Å². The van der Waals surface area contributed by atoms with Gasteiger partial charge in [-0.25, -0.2) is 0 Å². The molecule has 1 aromatic heterocycles. The Hall–Kier alpha value is -1.20. The minimum atomic E-state index is -0.896. The number of hydrogen-bond donors (Lipinski definition) is 1. The lowest BCUT2D eigenvalue weighted by Crippen LogP contribution is -2.48. The third-order valence-electron chi connectivity index (χ3n) is 3.84. The van der Waals surface area contributed by atoms with E-state index in [0.717, 1.165) is 0 Å². The van der Waals surface area contributed by atoms with Crippen molar-refractivity contribution in [3.05, 3.63) is 21.9 Å². The van der Waals surface area contributed by atoms with Gasteiger partial charge in [0.1, 0.15) is 10.8 Å². The summed E-state index contributed by atoms with van der Waals surface area (Å²) in [6.45, 7) is 2.41. The van der Waals surface area contributed by atoms with Crippen molar-refractivity contribution >= 4 is 35.1 Å². The third kappa shape index (κ3) is 2.52. The Morgan fingerprint density at radius 1 is 1.40 bits per heavy atom. The summed E-state index contributed by atoms with van der Waals surface area (Å²) in [4.78, 5) is 25.4. The summed E-state index contributed by atoms with van der Waals surface area (Å²) in [6, 6.07) is 1.51. The molecule has 20 heavy (non-hydrogen) atoms. The summed E-state index contributed by atoms with van der Waals surface area (Å²) >= 11 is 11.9. The molecule has 5 nitrogen and oxygen atoms in total. The maximum atomic E-state index is 12.5. The van der Waals surface area contributed by atoms with E-state index < -0.39 is 11.4 Å². The number of carboxylic acid groups (broad SMARTS) is 1. The standard InChI is InChI=1S/C13H16Cl2N2O3/c1-13(12(19)20)4-3-5-17(7-13)11(18)9-6-8(14)10(15)16(9)2/h6H,3-5,7H2,1-2H3,(H,19,20). The fourth-order valence-corrected chi connectivity index (χ4v) is 2.87. The maximum Gasteiger partial charge on any atom is 0.311 e. The van der Waals surface area contributed by atoms with Crippen LogP contribution in [0, 0.1) is 5.41 Å². The van der Waals surface area contributed by atoms with Gasteiger partial charge in [-0.05, 0) is 25.8 Å². The van der Waals surface area contributed by atoms with Crippen LogP contribution in [0.25, 0.3) is 0 Å². The largest absolute Gasteiger partial charge is 0.481 e. The second kappa shape index (κ2) is 5.30. The fraction of sp³-hybridized carbons (Fsp3) is 0.538. The van der Waals surface area contributed by atoms with Crippen LogP contribution in [-0.2, 0) is 11.8 Å². The molecule has 1 unspecified atom stereocenters. The molecule has 7 heteroatoms. The predicted molar refractivity (Wildman–Crippen MR) is 76.3 cm³/mol. The Morgan fingerprint density at radius 2 is 2.05 bits per heavy atom. The molecule has 0 saturated carbocycles. The molecule has 0 spiro atoms. The zero-order chi connectivity index (χ0) is 15.1. The van der Waals surface area contributed by atoms with Crippen molar-refractivity contribution in [3.8, 4) is 0 Å². The van der Waals surface area contributed by atoms with Crippen molar-refractivity contribution in [2.45, 2.75) is 19.8 Å². The first-order valence-corrected chi connectivity index (χ1v) is 7.05. The van der Waals surface area contributed by atoms with E-state index in [4.69, 9.17) is 23.2 Å². The van der Waals surface area contributed by atoms with Gasteiger partial charge in [-0.15, -0.1) is 0 Å². The van der Waals surface area contributed by atoms with Gasteiger partial charge in [0.15, 0.2) is 0 Å². The van der Waals surface area contributed by atoms with Crippen LogP contribution in [0.15, 0.2) is 6.07 Å². The number of amides is 1. The molecule has 1 saturated heterocycles. The minimum absolute atomic E-state index is 0.196. The van der Waals surface area contributed by atoms with E-state index in [2.05, 4.69) is 0 Å². The number of aromatic nitrogens is 1. The number of aliphatic carboxylic acids is 1. The Morgan fingerprint density at radius 3 is 2.55 bits per heavy atom. The fourth-order valence-electron chi connectivity index (χ4n) is 2.50. The lowest BCUT2D eigenvalue weighted by molar-refractivity contribution is -0.150. The van der Waals surface area contributed by atoms with Gasteiger partial charge in [0, 0.05) is 20.1 Å². The summed E-state index contributed by atoms with van der Waals surface area (Å²) in [7, 11) is 1.65. The Balaban J connectivity index is 2.25. The molecule has 1 aromatic rings. The van der Waals surface area contributed by atoms with Crippen LogP contribution < -0.4 is 0 Å². The molecular weight excluding hydrogens is 303 g/mol. The van der Waals surface area contributed by atoms with E-state index in [-0.39, 0.29) is 12.5 Å². The van der Waals surface area contributed by atoms with E-state index >= 15 is 0 Å². The van der Waals surface area contributed by atoms with Crippen molar-refractivity contribution in [3.63, 3.8) is 0 Å². The number of carbonyl (C=O) groups excluding carboxylic acids is 1. The molecular formula is C13H16Cl2N2O3. The van der Waals surface area contributed by atoms with Crippen LogP contribution in [0.2, 0.25) is 10.2 Å². The van der Waals surface area contributed by atoms with Gasteiger partial charge < -0.3 is 14.6 Å². The molecule has 0 radical (unpaired) electrons. The second-order valence-corrected chi connectivity index (χ2v) is 6.19. The van der Waals surface area contributed by atoms with E-state index in [0.29, 0.717) is 35.3 Å². The number of nitrogens with zero attached hydrogens (tertiary/aromatic N) is 2. The highest BCUT2D eigenvalue weighted by Crippen LogP contribution is 2.32. The molecule has 1 atom stereocenters. The highest BCUT2D eigenvalue weighted by molar-refractivity contribution is 6.41. The van der Waals surface area contributed by atoms with Crippen LogP contribution in [0.1, 0.15) is 30.3 Å². The Labute approximate surface area is 127 Å². The number of hydrogen-bond acceptors (Lipinski definition) is 2. The van der Waals surface area contributed by atoms with Crippen molar-refractivity contribution in [2.24, 2.45) is 12.5 Å². The molecule has 0 aromatic carbocycles. The topological polar surface area (TPSA) is 62.5 Å². The molecule has 0 bridgehead atoms. The van der Waals surface area contributed by atoms with Crippen molar-refractivity contribution in [1.82, 2.24) is 9.47 Å². The Bertz CT molecular complexity index is 570. The van der Waals surface area contributed by atoms with E-state index in [9.17, 15) is 14.7 Å². The summed E-state index contributed by atoms with van der Waals surface area (Å²) in [5, 5.41) is 9.90. The molecule has 1 amide bonds. The SMILES string of the molecule is Cn1c(C(=O)N2CCCC(C)(C(=O)O)C2)cc(Cl)c1Cl. The van der Waals surface area contributed by atoms with Gasteiger partial charge in [0.05, 0.1) is 10.4 Å². The van der Waals surface area contributed by atoms with Crippen molar-refractivity contribution in [1.29, 1.82) is 0 Å². The summed E-state index contributed by atoms with van der Waals surface area (Å²) in [6.07, 6.45) is 1.24. The summed E-state index contributed by atoms with van der Waals surface area (Å²) < 4.78 is 1.51. The number of piperidine rings is 1. The zero-order valence-corrected chi connectivity index (χ0v) is 12.8. The molecule has 1 aliphatic heterocycles. The van der Waals surface area contributed by atoms with Crippen LogP contribution in [0.3, 0.4) is 0 Å². The summed E-state index contributed by atoms with van der Waals surface area (Å²) in [5.74, 6) is -1.12. The molecule has 1 N–H and O–H groups in total. The number of halogens is 2. The first kappa shape index (κ1) is 15.2. The van der Waals surface area contributed by atoms with Gasteiger partial charge in [-0.1, -0.05) is 23.2 Å². The van der Waals surface area contributed by atoms with Gasteiger partial charge in [-0.2, -0.15) is 0 Å². The molecule has 110 valence electrons. The minimum Gasteiger partial charge on any atom is -0.481 e. The number of rotatable bonds is 2. The zero-order valence-electron chi connectivity index (χ0n) is 11.3. The number of carboxylic acids is 1. The number of likely N-dealkylation sites (tertiary alicyclic amines) is 1. The highest BCUT2D eigenvalue weighted by atomic mass is 35.5. The first-order chi connectivity index (χ1) is 9.26. The second-order valence-electron chi connectivity index (χ2n) is 5.42. The highest BCUT2D eigenvalue weighted by Gasteiger charge is 2.40. The van der Waals surface area contributed by atoms with Gasteiger partial charge >= 0.3 is 5.97 Å². The van der Waals surface area contributed by atoms with Crippen LogP contribution in [0.5, 0.6) is 0 Å². The monoisotopic (exact) mass is 318 g/mol. The third-order valence-corrected chi connectivity index (χ3v) is 4.68. The number of carbonyl (C=O) groups is 2. The quantitative estimate of drug-likeness (QED) is 0.911. The van der Waals surface area contributed by atoms with Crippen LogP contribution in [0.4, 0.5) is 0 Å². The molecule has 2 heterocycles. The molecule has 2 rings (SSSR count). The predicted octanol–water partition coefficient (Wildman–Crippen LogP) is 2.66. The van der Waals surface area contributed by atoms with E-state index in [1.807, 2.05) is 0 Å². The van der Waals surface area contributed by atoms with Gasteiger partial charge in [0.2, 0.25) is 0 Å². The first-order valence-electron chi connectivity index (χ1n) is 6.29. The van der Waals surface area contributed by atoms with E-state index in [1.54, 1.807) is 18.9 Å². The molecule has 1 aliphatic rings. The summed E-state index contributed by atoms with van der Waals surface area (Å²) in [5.41, 5.74) is -0.526. The smallest absolute Gasteiger partial charge is 0.311 e. The lowest BCUT2D eigenvalue weighted by atomic mass is 9.82. The lowest BCUT2D eigenvalue weighted by Gasteiger charge is -2.37. The maximum absolute atomic E-state index is 12.5. The normalized spacial score (nSPS) is 22.9. The van der Waals surface area contributed by atoms with Gasteiger partial charge in [0.25, 0.3) is 5.91 Å². The van der Waals surface area contributed by atoms with Crippen molar-refractivity contribution in [2.75, 3.05) is 13.1 Å². The van der Waals surface area contributed by atoms with Crippen LogP contribution >= 0.6 is 23.2 Å². The molecule has 1 fully saturated rings. The average molecular weight is 319 g/mol. The van der Waals surface area contributed by atoms with Gasteiger partial charge in [-0.3, -0.25) is 9.59 Å². The Kier molecular flexibility index (Phi) is 4.02. The average Bonchev–Trinajstić information content (AvgIpc) is 2.65. The molecule has 0 aliphatic carbocycles. The van der Waals surface area contributed by atoms with Crippen LogP contribution in [-0.4, -0.2) is 39.5 Å². The van der Waals surface area contributed by atoms with Crippen molar-refractivity contribution < 1.29 is 14.7 Å².